The molecule has 0 aromatic carbocycles. The SMILES string of the molecule is CCCC1C(=O)NC2(CCCCC2)C(=O)N1CCOCC. The molecular formula is C16H28N2O3. The first kappa shape index (κ1) is 16.3. The zero-order valence-corrected chi connectivity index (χ0v) is 13.3. The number of nitrogens with zero attached hydrogens (tertiary/aromatic N) is 1. The summed E-state index contributed by atoms with van der Waals surface area (Å²) < 4.78 is 5.40. The fourth-order valence-corrected chi connectivity index (χ4v) is 3.55. The van der Waals surface area contributed by atoms with Crippen LogP contribution in [0.1, 0.15) is 58.8 Å². The Balaban J connectivity index is 2.16. The maximum Gasteiger partial charge on any atom is 0.249 e. The van der Waals surface area contributed by atoms with Crippen molar-refractivity contribution < 1.29 is 14.3 Å². The van der Waals surface area contributed by atoms with Crippen molar-refractivity contribution in [2.45, 2.75) is 70.4 Å². The Kier molecular flexibility index (Phi) is 5.62. The smallest absolute Gasteiger partial charge is 0.249 e. The molecule has 1 N–H and O–H groups in total. The first-order valence-electron chi connectivity index (χ1n) is 8.35. The third-order valence-corrected chi connectivity index (χ3v) is 4.66. The summed E-state index contributed by atoms with van der Waals surface area (Å²) in [6.45, 7) is 5.65. The van der Waals surface area contributed by atoms with Gasteiger partial charge in [-0.05, 0) is 26.2 Å². The average molecular weight is 296 g/mol. The van der Waals surface area contributed by atoms with E-state index in [9.17, 15) is 9.59 Å². The number of rotatable bonds is 6. The Hall–Kier alpha value is -1.10. The molecule has 21 heavy (non-hydrogen) atoms. The van der Waals surface area contributed by atoms with Gasteiger partial charge in [-0.3, -0.25) is 9.59 Å². The van der Waals surface area contributed by atoms with Crippen LogP contribution in [0.25, 0.3) is 0 Å². The van der Waals surface area contributed by atoms with Gasteiger partial charge in [0.2, 0.25) is 11.8 Å². The van der Waals surface area contributed by atoms with Crippen molar-refractivity contribution in [1.82, 2.24) is 10.2 Å². The molecule has 5 heteroatoms. The molecular weight excluding hydrogens is 268 g/mol. The van der Waals surface area contributed by atoms with Gasteiger partial charge in [0.05, 0.1) is 6.61 Å². The molecule has 0 aromatic rings. The van der Waals surface area contributed by atoms with Crippen molar-refractivity contribution in [3.63, 3.8) is 0 Å². The fraction of sp³-hybridized carbons (Fsp3) is 0.875. The molecule has 1 unspecified atom stereocenters. The molecule has 2 amide bonds. The lowest BCUT2D eigenvalue weighted by Crippen LogP contribution is -2.71. The number of amides is 2. The summed E-state index contributed by atoms with van der Waals surface area (Å²) in [5.74, 6) is 0.134. The molecule has 1 atom stereocenters. The quantitative estimate of drug-likeness (QED) is 0.761. The Bertz CT molecular complexity index is 378. The van der Waals surface area contributed by atoms with Crippen LogP contribution in [0.3, 0.4) is 0 Å². The van der Waals surface area contributed by atoms with Crippen molar-refractivity contribution >= 4 is 11.8 Å². The van der Waals surface area contributed by atoms with E-state index in [2.05, 4.69) is 5.32 Å². The summed E-state index contributed by atoms with van der Waals surface area (Å²) in [7, 11) is 0. The summed E-state index contributed by atoms with van der Waals surface area (Å²) in [5, 5.41) is 3.07. The topological polar surface area (TPSA) is 58.6 Å². The van der Waals surface area contributed by atoms with Crippen molar-refractivity contribution in [3.05, 3.63) is 0 Å². The molecule has 0 radical (unpaired) electrons. The second kappa shape index (κ2) is 7.25. The molecule has 2 rings (SSSR count). The number of nitrogens with one attached hydrogen (secondary N) is 1. The van der Waals surface area contributed by atoms with Crippen LogP contribution in [0, 0.1) is 0 Å². The van der Waals surface area contributed by atoms with Crippen molar-refractivity contribution in [1.29, 1.82) is 0 Å². The van der Waals surface area contributed by atoms with Crippen LogP contribution in [0.5, 0.6) is 0 Å². The zero-order chi connectivity index (χ0) is 15.3. The van der Waals surface area contributed by atoms with Gasteiger partial charge in [-0.25, -0.2) is 0 Å². The first-order valence-corrected chi connectivity index (χ1v) is 8.35. The minimum Gasteiger partial charge on any atom is -0.380 e. The highest BCUT2D eigenvalue weighted by Gasteiger charge is 2.50. The highest BCUT2D eigenvalue weighted by molar-refractivity contribution is 5.99. The largest absolute Gasteiger partial charge is 0.380 e. The van der Waals surface area contributed by atoms with E-state index in [1.807, 2.05) is 13.8 Å². The third-order valence-electron chi connectivity index (χ3n) is 4.66. The van der Waals surface area contributed by atoms with Crippen LogP contribution in [0.2, 0.25) is 0 Å². The zero-order valence-electron chi connectivity index (χ0n) is 13.3. The van der Waals surface area contributed by atoms with E-state index < -0.39 is 5.54 Å². The molecule has 1 saturated heterocycles. The van der Waals surface area contributed by atoms with E-state index in [1.54, 1.807) is 4.90 Å². The van der Waals surface area contributed by atoms with E-state index in [0.717, 1.165) is 44.9 Å². The summed E-state index contributed by atoms with van der Waals surface area (Å²) in [4.78, 5) is 27.3. The lowest BCUT2D eigenvalue weighted by molar-refractivity contribution is -0.157. The number of piperazine rings is 1. The Morgan fingerprint density at radius 2 is 1.95 bits per heavy atom. The summed E-state index contributed by atoms with van der Waals surface area (Å²) in [6, 6.07) is -0.324. The van der Waals surface area contributed by atoms with E-state index in [0.29, 0.717) is 19.8 Å². The highest BCUT2D eigenvalue weighted by atomic mass is 16.5. The van der Waals surface area contributed by atoms with E-state index in [1.165, 1.54) is 0 Å². The number of carbonyl (C=O) groups is 2. The van der Waals surface area contributed by atoms with Gasteiger partial charge in [0.1, 0.15) is 11.6 Å². The third kappa shape index (κ3) is 3.39. The Morgan fingerprint density at radius 3 is 2.57 bits per heavy atom. The van der Waals surface area contributed by atoms with Gasteiger partial charge in [-0.2, -0.15) is 0 Å². The van der Waals surface area contributed by atoms with Crippen LogP contribution < -0.4 is 5.32 Å². The first-order chi connectivity index (χ1) is 10.1. The fourth-order valence-electron chi connectivity index (χ4n) is 3.55. The van der Waals surface area contributed by atoms with Gasteiger partial charge in [0.25, 0.3) is 0 Å². The minimum absolute atomic E-state index is 0.0230. The molecule has 1 saturated carbocycles. The minimum atomic E-state index is -0.633. The standard InChI is InChI=1S/C16H28N2O3/c1-3-8-13-14(19)17-16(9-6-5-7-10-16)15(20)18(13)11-12-21-4-2/h13H,3-12H2,1-2H3,(H,17,19). The van der Waals surface area contributed by atoms with Crippen LogP contribution in [-0.2, 0) is 14.3 Å². The van der Waals surface area contributed by atoms with Gasteiger partial charge >= 0.3 is 0 Å². The second-order valence-corrected chi connectivity index (χ2v) is 6.13. The molecule has 1 aliphatic carbocycles. The Morgan fingerprint density at radius 1 is 1.24 bits per heavy atom. The monoisotopic (exact) mass is 296 g/mol. The highest BCUT2D eigenvalue weighted by Crippen LogP contribution is 2.33. The lowest BCUT2D eigenvalue weighted by Gasteiger charge is -2.47. The molecule has 1 heterocycles. The molecule has 0 aromatic heterocycles. The van der Waals surface area contributed by atoms with Crippen molar-refractivity contribution in [2.75, 3.05) is 19.8 Å². The van der Waals surface area contributed by atoms with Crippen LogP contribution in [0.15, 0.2) is 0 Å². The number of carbonyl (C=O) groups excluding carboxylic acids is 2. The average Bonchev–Trinajstić information content (AvgIpc) is 2.49. The van der Waals surface area contributed by atoms with E-state index in [-0.39, 0.29) is 17.9 Å². The predicted octanol–water partition coefficient (Wildman–Crippen LogP) is 1.85. The van der Waals surface area contributed by atoms with Crippen molar-refractivity contribution in [3.8, 4) is 0 Å². The van der Waals surface area contributed by atoms with Gasteiger partial charge in [-0.1, -0.05) is 32.6 Å². The van der Waals surface area contributed by atoms with Crippen LogP contribution in [0.4, 0.5) is 0 Å². The second-order valence-electron chi connectivity index (χ2n) is 6.13. The summed E-state index contributed by atoms with van der Waals surface area (Å²) in [5.41, 5.74) is -0.633. The van der Waals surface area contributed by atoms with Crippen LogP contribution in [-0.4, -0.2) is 48.1 Å². The number of hydrogen-bond donors (Lipinski definition) is 1. The van der Waals surface area contributed by atoms with Gasteiger partial charge < -0.3 is 15.0 Å². The molecule has 1 spiro atoms. The number of ether oxygens (including phenoxy) is 1. The molecule has 5 nitrogen and oxygen atoms in total. The molecule has 2 fully saturated rings. The van der Waals surface area contributed by atoms with Crippen LogP contribution >= 0.6 is 0 Å². The normalized spacial score (nSPS) is 25.2. The maximum atomic E-state index is 13.0. The lowest BCUT2D eigenvalue weighted by atomic mass is 9.78. The Labute approximate surface area is 127 Å². The van der Waals surface area contributed by atoms with Gasteiger partial charge in [0.15, 0.2) is 0 Å². The van der Waals surface area contributed by atoms with Gasteiger partial charge in [0, 0.05) is 13.2 Å². The predicted molar refractivity (Wildman–Crippen MR) is 80.9 cm³/mol. The van der Waals surface area contributed by atoms with E-state index >= 15 is 0 Å². The molecule has 2 aliphatic rings. The van der Waals surface area contributed by atoms with Crippen molar-refractivity contribution in [2.24, 2.45) is 0 Å². The molecule has 120 valence electrons. The molecule has 1 aliphatic heterocycles. The van der Waals surface area contributed by atoms with E-state index in [4.69, 9.17) is 4.74 Å². The summed E-state index contributed by atoms with van der Waals surface area (Å²) >= 11 is 0. The van der Waals surface area contributed by atoms with Gasteiger partial charge in [-0.15, -0.1) is 0 Å². The summed E-state index contributed by atoms with van der Waals surface area (Å²) in [6.07, 6.45) is 6.36. The maximum absolute atomic E-state index is 13.0. The molecule has 0 bridgehead atoms. The number of hydrogen-bond acceptors (Lipinski definition) is 3.